The molecule has 1 heteroatoms. The molecule has 0 amide bonds. The number of fused-ring (bicyclic) bond motifs is 2. The minimum atomic E-state index is 0.628. The van der Waals surface area contributed by atoms with Crippen molar-refractivity contribution in [3.05, 3.63) is 0 Å². The van der Waals surface area contributed by atoms with Crippen LogP contribution in [0.25, 0.3) is 0 Å². The normalized spacial score (nSPS) is 48.3. The van der Waals surface area contributed by atoms with Gasteiger partial charge in [-0.15, -0.1) is 0 Å². The molecule has 0 spiro atoms. The molecule has 0 N–H and O–H groups in total. The fraction of sp³-hybridized carbons (Fsp3) is 1.00. The Morgan fingerprint density at radius 2 is 2.11 bits per heavy atom. The van der Waals surface area contributed by atoms with Crippen LogP contribution in [0.15, 0.2) is 0 Å². The van der Waals surface area contributed by atoms with Gasteiger partial charge >= 0.3 is 0 Å². The van der Waals surface area contributed by atoms with Crippen LogP contribution in [-0.4, -0.2) is 13.2 Å². The average Bonchev–Trinajstić information content (AvgIpc) is 2.45. The van der Waals surface area contributed by atoms with Gasteiger partial charge in [0.25, 0.3) is 0 Å². The second-order valence-corrected chi connectivity index (χ2v) is 3.45. The van der Waals surface area contributed by atoms with Crippen molar-refractivity contribution in [1.29, 1.82) is 0 Å². The maximum absolute atomic E-state index is 5.35. The first-order valence-electron chi connectivity index (χ1n) is 3.93. The maximum Gasteiger partial charge on any atom is 0.0602 e. The molecule has 0 aliphatic heterocycles. The molecule has 2 aliphatic rings. The van der Waals surface area contributed by atoms with Gasteiger partial charge in [-0.25, -0.2) is 0 Å². The predicted molar refractivity (Wildman–Crippen MR) is 36.2 cm³/mol. The third-order valence-corrected chi connectivity index (χ3v) is 2.98. The summed E-state index contributed by atoms with van der Waals surface area (Å²) in [6, 6.07) is 0. The lowest BCUT2D eigenvalue weighted by Crippen LogP contribution is -2.18. The van der Waals surface area contributed by atoms with Crippen LogP contribution in [0.4, 0.5) is 0 Å². The molecular formula is C8H14O. The van der Waals surface area contributed by atoms with Crippen LogP contribution < -0.4 is 0 Å². The van der Waals surface area contributed by atoms with Crippen LogP contribution in [0, 0.1) is 11.8 Å². The van der Waals surface area contributed by atoms with Crippen LogP contribution in [0.3, 0.4) is 0 Å². The van der Waals surface area contributed by atoms with E-state index < -0.39 is 0 Å². The molecule has 0 aromatic carbocycles. The molecule has 52 valence electrons. The van der Waals surface area contributed by atoms with Gasteiger partial charge in [0.15, 0.2) is 0 Å². The maximum atomic E-state index is 5.35. The van der Waals surface area contributed by atoms with E-state index in [4.69, 9.17) is 4.74 Å². The second-order valence-electron chi connectivity index (χ2n) is 3.45. The summed E-state index contributed by atoms with van der Waals surface area (Å²) in [6.07, 6.45) is 6.34. The van der Waals surface area contributed by atoms with Crippen molar-refractivity contribution in [2.75, 3.05) is 7.11 Å². The molecule has 2 fully saturated rings. The lowest BCUT2D eigenvalue weighted by molar-refractivity contribution is 0.0572. The SMILES string of the molecule is CO[C@@H]1C[C@@H]2CC[C@H]1C2. The quantitative estimate of drug-likeness (QED) is 0.520. The monoisotopic (exact) mass is 126 g/mol. The van der Waals surface area contributed by atoms with Gasteiger partial charge in [0.05, 0.1) is 6.10 Å². The van der Waals surface area contributed by atoms with Crippen molar-refractivity contribution in [3.63, 3.8) is 0 Å². The molecule has 0 aromatic heterocycles. The van der Waals surface area contributed by atoms with E-state index in [1.165, 1.54) is 25.7 Å². The number of ether oxygens (including phenoxy) is 1. The van der Waals surface area contributed by atoms with E-state index in [2.05, 4.69) is 0 Å². The fourth-order valence-electron chi connectivity index (χ4n) is 2.48. The van der Waals surface area contributed by atoms with Crippen molar-refractivity contribution in [1.82, 2.24) is 0 Å². The number of hydrogen-bond acceptors (Lipinski definition) is 1. The fourth-order valence-corrected chi connectivity index (χ4v) is 2.48. The van der Waals surface area contributed by atoms with Crippen molar-refractivity contribution < 1.29 is 4.74 Å². The highest BCUT2D eigenvalue weighted by Crippen LogP contribution is 2.45. The van der Waals surface area contributed by atoms with Gasteiger partial charge in [-0.1, -0.05) is 0 Å². The van der Waals surface area contributed by atoms with Gasteiger partial charge in [0.1, 0.15) is 0 Å². The smallest absolute Gasteiger partial charge is 0.0602 e. The summed E-state index contributed by atoms with van der Waals surface area (Å²) in [4.78, 5) is 0. The minimum Gasteiger partial charge on any atom is -0.381 e. The largest absolute Gasteiger partial charge is 0.381 e. The molecule has 2 saturated carbocycles. The molecule has 0 unspecified atom stereocenters. The van der Waals surface area contributed by atoms with Gasteiger partial charge in [-0.05, 0) is 37.5 Å². The predicted octanol–water partition coefficient (Wildman–Crippen LogP) is 1.82. The Labute approximate surface area is 56.4 Å². The molecular weight excluding hydrogens is 112 g/mol. The van der Waals surface area contributed by atoms with Crippen molar-refractivity contribution in [2.45, 2.75) is 31.8 Å². The van der Waals surface area contributed by atoms with Gasteiger partial charge in [0, 0.05) is 7.11 Å². The highest BCUT2D eigenvalue weighted by atomic mass is 16.5. The Bertz CT molecular complexity index is 111. The van der Waals surface area contributed by atoms with Crippen LogP contribution in [0.5, 0.6) is 0 Å². The first-order valence-corrected chi connectivity index (χ1v) is 3.93. The molecule has 0 saturated heterocycles. The van der Waals surface area contributed by atoms with E-state index in [1.54, 1.807) is 0 Å². The Morgan fingerprint density at radius 1 is 1.22 bits per heavy atom. The van der Waals surface area contributed by atoms with E-state index in [-0.39, 0.29) is 0 Å². The Balaban J connectivity index is 2.01. The zero-order valence-corrected chi connectivity index (χ0v) is 5.97. The zero-order chi connectivity index (χ0) is 6.27. The van der Waals surface area contributed by atoms with Crippen molar-refractivity contribution in [2.24, 2.45) is 11.8 Å². The standard InChI is InChI=1S/C8H14O/c1-9-8-5-6-2-3-7(8)4-6/h6-8H,2-5H2,1H3/t6-,7+,8-/m1/s1. The van der Waals surface area contributed by atoms with Crippen LogP contribution in [-0.2, 0) is 4.74 Å². The molecule has 0 radical (unpaired) electrons. The Morgan fingerprint density at radius 3 is 2.44 bits per heavy atom. The van der Waals surface area contributed by atoms with Gasteiger partial charge in [-0.3, -0.25) is 0 Å². The van der Waals surface area contributed by atoms with Crippen molar-refractivity contribution in [3.8, 4) is 0 Å². The lowest BCUT2D eigenvalue weighted by Gasteiger charge is -2.19. The van der Waals surface area contributed by atoms with E-state index >= 15 is 0 Å². The van der Waals surface area contributed by atoms with E-state index in [0.29, 0.717) is 6.10 Å². The molecule has 1 nitrogen and oxygen atoms in total. The third-order valence-electron chi connectivity index (χ3n) is 2.98. The van der Waals surface area contributed by atoms with Gasteiger partial charge in [-0.2, -0.15) is 0 Å². The lowest BCUT2D eigenvalue weighted by atomic mass is 9.98. The summed E-state index contributed by atoms with van der Waals surface area (Å²) in [5, 5.41) is 0. The van der Waals surface area contributed by atoms with Crippen LogP contribution in [0.2, 0.25) is 0 Å². The first-order chi connectivity index (χ1) is 4.40. The molecule has 9 heavy (non-hydrogen) atoms. The number of rotatable bonds is 1. The Kier molecular flexibility index (Phi) is 1.26. The molecule has 2 aliphatic carbocycles. The van der Waals surface area contributed by atoms with Crippen LogP contribution in [0.1, 0.15) is 25.7 Å². The van der Waals surface area contributed by atoms with Crippen LogP contribution >= 0.6 is 0 Å². The molecule has 2 rings (SSSR count). The third kappa shape index (κ3) is 0.787. The first kappa shape index (κ1) is 5.72. The zero-order valence-electron chi connectivity index (χ0n) is 5.97. The van der Waals surface area contributed by atoms with Crippen molar-refractivity contribution >= 4 is 0 Å². The van der Waals surface area contributed by atoms with Gasteiger partial charge < -0.3 is 4.74 Å². The Hall–Kier alpha value is -0.0400. The minimum absolute atomic E-state index is 0.628. The highest BCUT2D eigenvalue weighted by molar-refractivity contribution is 4.90. The summed E-state index contributed by atoms with van der Waals surface area (Å²) >= 11 is 0. The number of methoxy groups -OCH3 is 1. The van der Waals surface area contributed by atoms with E-state index in [0.717, 1.165) is 11.8 Å². The molecule has 0 aromatic rings. The second kappa shape index (κ2) is 1.98. The molecule has 0 heterocycles. The summed E-state index contributed by atoms with van der Waals surface area (Å²) in [6.45, 7) is 0. The summed E-state index contributed by atoms with van der Waals surface area (Å²) < 4.78 is 5.35. The van der Waals surface area contributed by atoms with E-state index in [1.807, 2.05) is 7.11 Å². The highest BCUT2D eigenvalue weighted by Gasteiger charge is 2.39. The number of hydrogen-bond donors (Lipinski definition) is 0. The summed E-state index contributed by atoms with van der Waals surface area (Å²) in [7, 11) is 1.85. The average molecular weight is 126 g/mol. The van der Waals surface area contributed by atoms with Gasteiger partial charge in [0.2, 0.25) is 0 Å². The summed E-state index contributed by atoms with van der Waals surface area (Å²) in [5.41, 5.74) is 0. The topological polar surface area (TPSA) is 9.23 Å². The molecule has 2 bridgehead atoms. The molecule has 3 atom stereocenters. The van der Waals surface area contributed by atoms with E-state index in [9.17, 15) is 0 Å². The summed E-state index contributed by atoms with van der Waals surface area (Å²) in [5.74, 6) is 1.96.